The number of nitrogens with zero attached hydrogens (tertiary/aromatic N) is 2. The molecule has 7 heteroatoms. The number of pyridine rings is 1. The lowest BCUT2D eigenvalue weighted by Crippen LogP contribution is -2.29. The van der Waals surface area contributed by atoms with Gasteiger partial charge in [0.1, 0.15) is 30.5 Å². The maximum atomic E-state index is 13.3. The van der Waals surface area contributed by atoms with E-state index in [1.165, 1.54) is 4.90 Å². The third-order valence-electron chi connectivity index (χ3n) is 6.00. The normalized spacial score (nSPS) is 16.5. The average molecular weight is 497 g/mol. The van der Waals surface area contributed by atoms with Crippen molar-refractivity contribution in [1.82, 2.24) is 9.88 Å². The second-order valence-electron chi connectivity index (χ2n) is 8.53. The number of benzene rings is 2. The number of carbonyl (C=O) groups excluding carboxylic acids is 2. The molecule has 1 amide bonds. The predicted molar refractivity (Wildman–Crippen MR) is 141 cm³/mol. The topological polar surface area (TPSA) is 89.0 Å². The van der Waals surface area contributed by atoms with Crippen molar-refractivity contribution in [3.05, 3.63) is 120 Å². The molecule has 0 aliphatic carbocycles. The number of hydrogen-bond donors (Lipinski definition) is 1. The Morgan fingerprint density at radius 2 is 1.70 bits per heavy atom. The minimum absolute atomic E-state index is 0.0245. The molecule has 0 saturated carbocycles. The molecule has 2 aromatic carbocycles. The fourth-order valence-corrected chi connectivity index (χ4v) is 4.27. The Hall–Kier alpha value is -4.65. The quantitative estimate of drug-likeness (QED) is 0.181. The lowest BCUT2D eigenvalue weighted by molar-refractivity contribution is -0.140. The van der Waals surface area contributed by atoms with Crippen LogP contribution in [0.4, 0.5) is 0 Å². The van der Waals surface area contributed by atoms with E-state index in [1.54, 1.807) is 73.1 Å². The summed E-state index contributed by atoms with van der Waals surface area (Å²) in [6.07, 6.45) is 6.57. The summed E-state index contributed by atoms with van der Waals surface area (Å²) in [7, 11) is 0. The maximum absolute atomic E-state index is 13.3. The van der Waals surface area contributed by atoms with Gasteiger partial charge in [-0.3, -0.25) is 14.6 Å². The number of hydrogen-bond acceptors (Lipinski definition) is 6. The molecule has 1 fully saturated rings. The van der Waals surface area contributed by atoms with Gasteiger partial charge in [0.15, 0.2) is 0 Å². The van der Waals surface area contributed by atoms with Crippen LogP contribution in [0.1, 0.15) is 28.3 Å². The van der Waals surface area contributed by atoms with Gasteiger partial charge in [-0.25, -0.2) is 0 Å². The Balaban J connectivity index is 1.80. The molecule has 0 spiro atoms. The Morgan fingerprint density at radius 1 is 1.03 bits per heavy atom. The Bertz CT molecular complexity index is 1350. The number of aromatic nitrogens is 1. The number of amides is 1. The van der Waals surface area contributed by atoms with E-state index in [-0.39, 0.29) is 17.9 Å². The summed E-state index contributed by atoms with van der Waals surface area (Å²) in [4.78, 5) is 32.2. The molecule has 188 valence electrons. The molecular weight excluding hydrogens is 468 g/mol. The number of ether oxygens (including phenoxy) is 2. The zero-order chi connectivity index (χ0) is 26.4. The van der Waals surface area contributed by atoms with Crippen LogP contribution in [-0.4, -0.2) is 39.9 Å². The van der Waals surface area contributed by atoms with Crippen molar-refractivity contribution in [1.29, 1.82) is 0 Å². The average Bonchev–Trinajstić information content (AvgIpc) is 3.16. The van der Waals surface area contributed by atoms with Crippen molar-refractivity contribution in [3.63, 3.8) is 0 Å². The van der Waals surface area contributed by atoms with Crippen LogP contribution in [0.5, 0.6) is 11.5 Å². The highest BCUT2D eigenvalue weighted by molar-refractivity contribution is 6.46. The molecule has 1 aromatic heterocycles. The highest BCUT2D eigenvalue weighted by atomic mass is 16.5. The highest BCUT2D eigenvalue weighted by Gasteiger charge is 2.46. The van der Waals surface area contributed by atoms with Crippen LogP contribution in [0.15, 0.2) is 97.9 Å². The monoisotopic (exact) mass is 496 g/mol. The molecule has 7 nitrogen and oxygen atoms in total. The second-order valence-corrected chi connectivity index (χ2v) is 8.53. The van der Waals surface area contributed by atoms with Crippen LogP contribution >= 0.6 is 0 Å². The van der Waals surface area contributed by atoms with E-state index in [4.69, 9.17) is 9.47 Å². The Labute approximate surface area is 216 Å². The van der Waals surface area contributed by atoms with E-state index in [9.17, 15) is 14.7 Å². The van der Waals surface area contributed by atoms with Crippen LogP contribution in [0, 0.1) is 6.92 Å². The van der Waals surface area contributed by atoms with Gasteiger partial charge in [0, 0.05) is 24.5 Å². The summed E-state index contributed by atoms with van der Waals surface area (Å²) >= 11 is 0. The van der Waals surface area contributed by atoms with Crippen LogP contribution < -0.4 is 9.47 Å². The SMILES string of the molecule is C=CCOc1ccc(C2/C(=C(/O)c3ccc(OCC=C)cc3C)C(=O)C(=O)N2Cc2cccnc2)cc1. The second kappa shape index (κ2) is 11.4. The first-order chi connectivity index (χ1) is 17.9. The molecule has 1 aliphatic rings. The number of likely N-dealkylation sites (tertiary alicyclic amines) is 1. The van der Waals surface area contributed by atoms with E-state index < -0.39 is 17.7 Å². The Kier molecular flexibility index (Phi) is 7.83. The number of ketones is 1. The van der Waals surface area contributed by atoms with Crippen LogP contribution in [0.2, 0.25) is 0 Å². The minimum atomic E-state index is -0.801. The minimum Gasteiger partial charge on any atom is -0.507 e. The molecule has 1 N–H and O–H groups in total. The van der Waals surface area contributed by atoms with E-state index >= 15 is 0 Å². The van der Waals surface area contributed by atoms with Crippen molar-refractivity contribution in [3.8, 4) is 11.5 Å². The molecule has 1 atom stereocenters. The van der Waals surface area contributed by atoms with Gasteiger partial charge >= 0.3 is 0 Å². The fourth-order valence-electron chi connectivity index (χ4n) is 4.27. The van der Waals surface area contributed by atoms with E-state index in [0.29, 0.717) is 41.4 Å². The largest absolute Gasteiger partial charge is 0.507 e. The predicted octanol–water partition coefficient (Wildman–Crippen LogP) is 5.14. The third kappa shape index (κ3) is 5.46. The summed E-state index contributed by atoms with van der Waals surface area (Å²) in [5.41, 5.74) is 2.60. The van der Waals surface area contributed by atoms with E-state index in [1.807, 2.05) is 13.0 Å². The van der Waals surface area contributed by atoms with Gasteiger partial charge in [0.2, 0.25) is 0 Å². The van der Waals surface area contributed by atoms with E-state index in [0.717, 1.165) is 5.56 Å². The molecule has 3 aromatic rings. The zero-order valence-corrected chi connectivity index (χ0v) is 20.6. The van der Waals surface area contributed by atoms with Crippen LogP contribution in [-0.2, 0) is 16.1 Å². The van der Waals surface area contributed by atoms with Crippen molar-refractivity contribution in [2.75, 3.05) is 13.2 Å². The van der Waals surface area contributed by atoms with Gasteiger partial charge in [0.05, 0.1) is 11.6 Å². The molecule has 1 saturated heterocycles. The lowest BCUT2D eigenvalue weighted by atomic mass is 9.93. The molecule has 0 radical (unpaired) electrons. The summed E-state index contributed by atoms with van der Waals surface area (Å²) in [6, 6.07) is 15.1. The van der Waals surface area contributed by atoms with Gasteiger partial charge in [-0.15, -0.1) is 0 Å². The molecular formula is C30H28N2O5. The molecule has 1 unspecified atom stereocenters. The zero-order valence-electron chi connectivity index (χ0n) is 20.6. The van der Waals surface area contributed by atoms with Gasteiger partial charge in [-0.1, -0.05) is 43.5 Å². The molecule has 1 aliphatic heterocycles. The molecule has 37 heavy (non-hydrogen) atoms. The number of rotatable bonds is 10. The summed E-state index contributed by atoms with van der Waals surface area (Å²) in [5.74, 6) is -0.441. The maximum Gasteiger partial charge on any atom is 0.295 e. The van der Waals surface area contributed by atoms with Crippen molar-refractivity contribution >= 4 is 17.4 Å². The number of Topliss-reactive ketones (excluding diaryl/α,β-unsaturated/α-hetero) is 1. The fraction of sp³-hybridized carbons (Fsp3) is 0.167. The van der Waals surface area contributed by atoms with Crippen molar-refractivity contribution in [2.45, 2.75) is 19.5 Å². The number of aryl methyl sites for hydroxylation is 1. The van der Waals surface area contributed by atoms with Gasteiger partial charge in [0.25, 0.3) is 11.7 Å². The third-order valence-corrected chi connectivity index (χ3v) is 6.00. The summed E-state index contributed by atoms with van der Waals surface area (Å²) in [6.45, 7) is 9.95. The molecule has 2 heterocycles. The van der Waals surface area contributed by atoms with E-state index in [2.05, 4.69) is 18.1 Å². The van der Waals surface area contributed by atoms with Crippen molar-refractivity contribution < 1.29 is 24.2 Å². The molecule has 4 rings (SSSR count). The van der Waals surface area contributed by atoms with Crippen LogP contribution in [0.25, 0.3) is 5.76 Å². The van der Waals surface area contributed by atoms with Gasteiger partial charge in [-0.05, 0) is 60.0 Å². The van der Waals surface area contributed by atoms with Gasteiger partial charge < -0.3 is 19.5 Å². The first-order valence-corrected chi connectivity index (χ1v) is 11.8. The first-order valence-electron chi connectivity index (χ1n) is 11.8. The van der Waals surface area contributed by atoms with Crippen molar-refractivity contribution in [2.24, 2.45) is 0 Å². The summed E-state index contributed by atoms with van der Waals surface area (Å²) in [5, 5.41) is 11.4. The number of aliphatic hydroxyl groups excluding tert-OH is 1. The number of carbonyl (C=O) groups is 2. The smallest absolute Gasteiger partial charge is 0.295 e. The first kappa shape index (κ1) is 25.4. The highest BCUT2D eigenvalue weighted by Crippen LogP contribution is 2.41. The van der Waals surface area contributed by atoms with Gasteiger partial charge in [-0.2, -0.15) is 0 Å². The van der Waals surface area contributed by atoms with Crippen LogP contribution in [0.3, 0.4) is 0 Å². The lowest BCUT2D eigenvalue weighted by Gasteiger charge is -2.25. The summed E-state index contributed by atoms with van der Waals surface area (Å²) < 4.78 is 11.2. The standard InChI is InChI=1S/C30H28N2O5/c1-4-15-36-23-10-8-22(9-11-23)27-26(28(33)25-13-12-24(17-20(25)3)37-16-5-2)29(34)30(35)32(27)19-21-7-6-14-31-18-21/h4-14,17-18,27,33H,1-2,15-16,19H2,3H3/b28-26-. The number of aliphatic hydroxyl groups is 1. The molecule has 0 bridgehead atoms. The Morgan fingerprint density at radius 3 is 2.32 bits per heavy atom.